The predicted molar refractivity (Wildman–Crippen MR) is 75.3 cm³/mol. The largest absolute Gasteiger partial charge is 0.330 e. The molecule has 0 amide bonds. The Hall–Kier alpha value is -0.830. The monoisotopic (exact) mass is 249 g/mol. The van der Waals surface area contributed by atoms with E-state index in [1.165, 1.54) is 37.8 Å². The van der Waals surface area contributed by atoms with Crippen molar-refractivity contribution >= 4 is 0 Å². The van der Waals surface area contributed by atoms with E-state index in [9.17, 15) is 0 Å². The van der Waals surface area contributed by atoms with Gasteiger partial charge in [0.05, 0.1) is 12.0 Å². The van der Waals surface area contributed by atoms with Gasteiger partial charge in [-0.3, -0.25) is 0 Å². The number of rotatable bonds is 4. The number of nitrogens with two attached hydrogens (primary N) is 1. The van der Waals surface area contributed by atoms with Crippen molar-refractivity contribution in [1.29, 1.82) is 0 Å². The summed E-state index contributed by atoms with van der Waals surface area (Å²) in [7, 11) is 0. The van der Waals surface area contributed by atoms with Crippen LogP contribution in [0.5, 0.6) is 0 Å². The van der Waals surface area contributed by atoms with Crippen LogP contribution in [0.4, 0.5) is 0 Å². The molecule has 1 aromatic heterocycles. The van der Waals surface area contributed by atoms with E-state index >= 15 is 0 Å². The summed E-state index contributed by atoms with van der Waals surface area (Å²) in [6.45, 7) is 6.68. The van der Waals surface area contributed by atoms with Crippen molar-refractivity contribution in [3.8, 4) is 0 Å². The average Bonchev–Trinajstić information content (AvgIpc) is 2.87. The first-order chi connectivity index (χ1) is 8.61. The van der Waals surface area contributed by atoms with Crippen LogP contribution in [0.25, 0.3) is 0 Å². The number of hydrogen-bond donors (Lipinski definition) is 1. The first-order valence-electron chi connectivity index (χ1n) is 7.38. The van der Waals surface area contributed by atoms with E-state index in [-0.39, 0.29) is 6.04 Å². The van der Waals surface area contributed by atoms with Crippen molar-refractivity contribution in [3.05, 3.63) is 18.2 Å². The van der Waals surface area contributed by atoms with Crippen LogP contribution in [-0.2, 0) is 0 Å². The molecule has 2 rings (SSSR count). The standard InChI is InChI=1S/C15H27N3/c1-11(2)15(16)14-9-17-10-18(14)12(3)13-7-5-4-6-8-13/h9-13,15H,4-8,16H2,1-3H3. The molecule has 2 atom stereocenters. The van der Waals surface area contributed by atoms with Crippen LogP contribution in [-0.4, -0.2) is 9.55 Å². The van der Waals surface area contributed by atoms with E-state index in [4.69, 9.17) is 5.73 Å². The summed E-state index contributed by atoms with van der Waals surface area (Å²) in [6.07, 6.45) is 10.8. The Morgan fingerprint density at radius 3 is 2.50 bits per heavy atom. The van der Waals surface area contributed by atoms with Crippen LogP contribution >= 0.6 is 0 Å². The van der Waals surface area contributed by atoms with Gasteiger partial charge in [0.25, 0.3) is 0 Å². The summed E-state index contributed by atoms with van der Waals surface area (Å²) in [4.78, 5) is 4.32. The fourth-order valence-corrected chi connectivity index (χ4v) is 3.10. The molecule has 102 valence electrons. The van der Waals surface area contributed by atoms with Gasteiger partial charge in [-0.1, -0.05) is 33.1 Å². The smallest absolute Gasteiger partial charge is 0.0951 e. The van der Waals surface area contributed by atoms with E-state index in [1.54, 1.807) is 0 Å². The lowest BCUT2D eigenvalue weighted by atomic mass is 9.84. The molecular formula is C15H27N3. The number of aromatic nitrogens is 2. The normalized spacial score (nSPS) is 21.2. The van der Waals surface area contributed by atoms with Gasteiger partial charge in [0.15, 0.2) is 0 Å². The van der Waals surface area contributed by atoms with Crippen molar-refractivity contribution < 1.29 is 0 Å². The van der Waals surface area contributed by atoms with Crippen LogP contribution in [0, 0.1) is 11.8 Å². The first-order valence-corrected chi connectivity index (χ1v) is 7.38. The van der Waals surface area contributed by atoms with Crippen LogP contribution < -0.4 is 5.73 Å². The highest BCUT2D eigenvalue weighted by Gasteiger charge is 2.24. The lowest BCUT2D eigenvalue weighted by molar-refractivity contribution is 0.256. The molecular weight excluding hydrogens is 222 g/mol. The molecule has 3 heteroatoms. The van der Waals surface area contributed by atoms with E-state index in [0.29, 0.717) is 12.0 Å². The minimum Gasteiger partial charge on any atom is -0.330 e. The molecule has 0 saturated heterocycles. The SMILES string of the molecule is CC(C)C(N)c1cncn1C(C)C1CCCCC1. The Morgan fingerprint density at radius 1 is 1.22 bits per heavy atom. The Balaban J connectivity index is 2.14. The second-order valence-corrected chi connectivity index (χ2v) is 6.13. The lowest BCUT2D eigenvalue weighted by Gasteiger charge is -2.31. The van der Waals surface area contributed by atoms with Gasteiger partial charge in [0, 0.05) is 18.3 Å². The first kappa shape index (κ1) is 13.6. The molecule has 2 N–H and O–H groups in total. The topological polar surface area (TPSA) is 43.8 Å². The second kappa shape index (κ2) is 5.87. The molecule has 2 unspecified atom stereocenters. The molecule has 1 heterocycles. The third kappa shape index (κ3) is 2.77. The maximum absolute atomic E-state index is 6.29. The van der Waals surface area contributed by atoms with Crippen molar-refractivity contribution in [2.24, 2.45) is 17.6 Å². The zero-order valence-electron chi connectivity index (χ0n) is 12.0. The summed E-state index contributed by atoms with van der Waals surface area (Å²) in [5.74, 6) is 1.25. The Kier molecular flexibility index (Phi) is 4.44. The maximum Gasteiger partial charge on any atom is 0.0951 e. The van der Waals surface area contributed by atoms with Crippen LogP contribution in [0.3, 0.4) is 0 Å². The van der Waals surface area contributed by atoms with Crippen molar-refractivity contribution in [2.45, 2.75) is 65.0 Å². The molecule has 0 bridgehead atoms. The molecule has 1 aromatic rings. The van der Waals surface area contributed by atoms with Gasteiger partial charge in [0.1, 0.15) is 0 Å². The van der Waals surface area contributed by atoms with Crippen LogP contribution in [0.2, 0.25) is 0 Å². The van der Waals surface area contributed by atoms with E-state index < -0.39 is 0 Å². The number of hydrogen-bond acceptors (Lipinski definition) is 2. The summed E-state index contributed by atoms with van der Waals surface area (Å²) >= 11 is 0. The molecule has 1 aliphatic rings. The summed E-state index contributed by atoms with van der Waals surface area (Å²) in [5.41, 5.74) is 7.49. The molecule has 3 nitrogen and oxygen atoms in total. The lowest BCUT2D eigenvalue weighted by Crippen LogP contribution is -2.25. The Morgan fingerprint density at radius 2 is 1.89 bits per heavy atom. The third-order valence-corrected chi connectivity index (χ3v) is 4.53. The van der Waals surface area contributed by atoms with E-state index in [1.807, 2.05) is 12.5 Å². The highest BCUT2D eigenvalue weighted by atomic mass is 15.1. The second-order valence-electron chi connectivity index (χ2n) is 6.13. The molecule has 0 radical (unpaired) electrons. The average molecular weight is 249 g/mol. The predicted octanol–water partition coefficient (Wildman–Crippen LogP) is 3.68. The quantitative estimate of drug-likeness (QED) is 0.884. The summed E-state index contributed by atoms with van der Waals surface area (Å²) < 4.78 is 2.32. The van der Waals surface area contributed by atoms with Gasteiger partial charge in [-0.2, -0.15) is 0 Å². The van der Waals surface area contributed by atoms with Crippen LogP contribution in [0.15, 0.2) is 12.5 Å². The Bertz CT molecular complexity index is 364. The van der Waals surface area contributed by atoms with Gasteiger partial charge >= 0.3 is 0 Å². The highest BCUT2D eigenvalue weighted by molar-refractivity contribution is 5.07. The van der Waals surface area contributed by atoms with Gasteiger partial charge in [-0.05, 0) is 31.6 Å². The maximum atomic E-state index is 6.29. The minimum absolute atomic E-state index is 0.0959. The molecule has 0 aliphatic heterocycles. The van der Waals surface area contributed by atoms with Gasteiger partial charge in [-0.25, -0.2) is 4.98 Å². The Labute approximate surface area is 111 Å². The number of nitrogens with zero attached hydrogens (tertiary/aromatic N) is 2. The fraction of sp³-hybridized carbons (Fsp3) is 0.800. The zero-order chi connectivity index (χ0) is 13.1. The molecule has 1 fully saturated rings. The van der Waals surface area contributed by atoms with Gasteiger partial charge < -0.3 is 10.3 Å². The zero-order valence-corrected chi connectivity index (χ0v) is 12.0. The van der Waals surface area contributed by atoms with Crippen molar-refractivity contribution in [1.82, 2.24) is 9.55 Å². The van der Waals surface area contributed by atoms with E-state index in [0.717, 1.165) is 5.92 Å². The molecule has 18 heavy (non-hydrogen) atoms. The highest BCUT2D eigenvalue weighted by Crippen LogP contribution is 2.34. The number of imidazole rings is 1. The molecule has 1 saturated carbocycles. The van der Waals surface area contributed by atoms with Crippen molar-refractivity contribution in [2.75, 3.05) is 0 Å². The minimum atomic E-state index is 0.0959. The third-order valence-electron chi connectivity index (χ3n) is 4.53. The molecule has 1 aliphatic carbocycles. The fourth-order valence-electron chi connectivity index (χ4n) is 3.10. The summed E-state index contributed by atoms with van der Waals surface area (Å²) in [5, 5.41) is 0. The van der Waals surface area contributed by atoms with E-state index in [2.05, 4.69) is 30.3 Å². The molecule has 0 spiro atoms. The van der Waals surface area contributed by atoms with Gasteiger partial charge in [-0.15, -0.1) is 0 Å². The summed E-state index contributed by atoms with van der Waals surface area (Å²) in [6, 6.07) is 0.631. The van der Waals surface area contributed by atoms with Crippen LogP contribution in [0.1, 0.15) is 70.7 Å². The van der Waals surface area contributed by atoms with Gasteiger partial charge in [0.2, 0.25) is 0 Å². The van der Waals surface area contributed by atoms with Crippen molar-refractivity contribution in [3.63, 3.8) is 0 Å². The molecule has 0 aromatic carbocycles.